The number of aliphatic hydroxyl groups is 1. The number of benzene rings is 1. The monoisotopic (exact) mass is 332 g/mol. The third-order valence-electron chi connectivity index (χ3n) is 3.90. The summed E-state index contributed by atoms with van der Waals surface area (Å²) in [5.74, 6) is 0.517. The fourth-order valence-electron chi connectivity index (χ4n) is 1.97. The molecule has 1 aromatic rings. The highest BCUT2D eigenvalue weighted by molar-refractivity contribution is 6.66. The second kappa shape index (κ2) is 5.97. The highest BCUT2D eigenvalue weighted by Crippen LogP contribution is 2.38. The topological polar surface area (TPSA) is 47.9 Å². The quantitative estimate of drug-likeness (QED) is 0.861. The number of halogens is 2. The van der Waals surface area contributed by atoms with E-state index in [9.17, 15) is 0 Å². The van der Waals surface area contributed by atoms with Crippen molar-refractivity contribution < 1.29 is 19.2 Å². The molecule has 0 aliphatic carbocycles. The van der Waals surface area contributed by atoms with Gasteiger partial charge in [-0.3, -0.25) is 0 Å². The molecule has 0 spiro atoms. The maximum atomic E-state index is 8.84. The Morgan fingerprint density at radius 1 is 1.14 bits per heavy atom. The predicted molar refractivity (Wildman–Crippen MR) is 84.8 cm³/mol. The summed E-state index contributed by atoms with van der Waals surface area (Å²) in [5, 5.41) is 9.58. The third-order valence-corrected chi connectivity index (χ3v) is 4.71. The van der Waals surface area contributed by atoms with E-state index >= 15 is 0 Å². The molecular weight excluding hydrogens is 314 g/mol. The number of hydrogen-bond donors (Lipinski definition) is 1. The van der Waals surface area contributed by atoms with Gasteiger partial charge in [0.05, 0.1) is 27.9 Å². The summed E-state index contributed by atoms with van der Waals surface area (Å²) in [6, 6.07) is 3.33. The zero-order valence-electron chi connectivity index (χ0n) is 12.6. The normalized spacial score (nSPS) is 19.9. The average molecular weight is 333 g/mol. The molecule has 0 bridgehead atoms. The van der Waals surface area contributed by atoms with Crippen LogP contribution in [-0.2, 0) is 9.31 Å². The Morgan fingerprint density at radius 3 is 2.24 bits per heavy atom. The van der Waals surface area contributed by atoms with E-state index in [-0.39, 0.29) is 13.2 Å². The van der Waals surface area contributed by atoms with Gasteiger partial charge in [0.2, 0.25) is 0 Å². The van der Waals surface area contributed by atoms with E-state index < -0.39 is 18.3 Å². The molecule has 0 radical (unpaired) electrons. The van der Waals surface area contributed by atoms with Crippen molar-refractivity contribution in [1.29, 1.82) is 0 Å². The van der Waals surface area contributed by atoms with Gasteiger partial charge in [0.25, 0.3) is 0 Å². The Labute approximate surface area is 135 Å². The Balaban J connectivity index is 2.34. The van der Waals surface area contributed by atoms with E-state index in [2.05, 4.69) is 0 Å². The lowest BCUT2D eigenvalue weighted by molar-refractivity contribution is 0.00578. The van der Waals surface area contributed by atoms with Crippen LogP contribution >= 0.6 is 23.2 Å². The van der Waals surface area contributed by atoms with Crippen LogP contribution in [0.1, 0.15) is 27.7 Å². The standard InChI is InChI=1S/C14H19BCl2O4/c1-13(2)14(3,4)21-15(20-13)10-7-9(19-6-5-18)8-11(16)12(10)17/h7-8,18H,5-6H2,1-4H3. The van der Waals surface area contributed by atoms with Gasteiger partial charge in [0.15, 0.2) is 0 Å². The van der Waals surface area contributed by atoms with Gasteiger partial charge in [-0.05, 0) is 33.8 Å². The van der Waals surface area contributed by atoms with E-state index in [0.29, 0.717) is 21.3 Å². The smallest absolute Gasteiger partial charge is 0.491 e. The van der Waals surface area contributed by atoms with Crippen LogP contribution in [0.2, 0.25) is 10.0 Å². The van der Waals surface area contributed by atoms with Crippen molar-refractivity contribution >= 4 is 35.8 Å². The van der Waals surface area contributed by atoms with Crippen LogP contribution in [0.3, 0.4) is 0 Å². The lowest BCUT2D eigenvalue weighted by atomic mass is 9.79. The van der Waals surface area contributed by atoms with Crippen molar-refractivity contribution in [2.45, 2.75) is 38.9 Å². The molecule has 1 N–H and O–H groups in total. The fraction of sp³-hybridized carbons (Fsp3) is 0.571. The number of aliphatic hydroxyl groups excluding tert-OH is 1. The summed E-state index contributed by atoms with van der Waals surface area (Å²) in [6.45, 7) is 7.97. The van der Waals surface area contributed by atoms with Gasteiger partial charge in [-0.1, -0.05) is 23.2 Å². The summed E-state index contributed by atoms with van der Waals surface area (Å²) in [5.41, 5.74) is -0.305. The van der Waals surface area contributed by atoms with Crippen molar-refractivity contribution in [1.82, 2.24) is 0 Å². The molecule has 0 atom stereocenters. The summed E-state index contributed by atoms with van der Waals surface area (Å²) in [4.78, 5) is 0. The molecule has 1 fully saturated rings. The highest BCUT2D eigenvalue weighted by Gasteiger charge is 2.52. The maximum absolute atomic E-state index is 8.84. The molecule has 0 amide bonds. The Hall–Kier alpha value is -0.455. The first-order chi connectivity index (χ1) is 9.68. The lowest BCUT2D eigenvalue weighted by Gasteiger charge is -2.32. The van der Waals surface area contributed by atoms with Gasteiger partial charge < -0.3 is 19.2 Å². The first-order valence-corrected chi connectivity index (χ1v) is 7.52. The number of ether oxygens (including phenoxy) is 1. The van der Waals surface area contributed by atoms with Gasteiger partial charge >= 0.3 is 7.12 Å². The predicted octanol–water partition coefficient (Wildman–Crippen LogP) is 2.66. The van der Waals surface area contributed by atoms with Crippen molar-refractivity contribution in [3.8, 4) is 5.75 Å². The molecule has 2 rings (SSSR count). The first kappa shape index (κ1) is 16.9. The van der Waals surface area contributed by atoms with Crippen LogP contribution in [0.25, 0.3) is 0 Å². The Kier molecular flexibility index (Phi) is 4.81. The maximum Gasteiger partial charge on any atom is 0.496 e. The summed E-state index contributed by atoms with van der Waals surface area (Å²) >= 11 is 12.4. The summed E-state index contributed by atoms with van der Waals surface area (Å²) < 4.78 is 17.3. The van der Waals surface area contributed by atoms with E-state index in [1.165, 1.54) is 0 Å². The molecule has 0 aromatic heterocycles. The van der Waals surface area contributed by atoms with Crippen LogP contribution in [0.5, 0.6) is 5.75 Å². The molecule has 1 saturated heterocycles. The Bertz CT molecular complexity index is 518. The van der Waals surface area contributed by atoms with Crippen molar-refractivity contribution in [2.75, 3.05) is 13.2 Å². The molecule has 0 unspecified atom stereocenters. The molecule has 4 nitrogen and oxygen atoms in total. The zero-order valence-corrected chi connectivity index (χ0v) is 14.1. The van der Waals surface area contributed by atoms with E-state index in [1.807, 2.05) is 27.7 Å². The zero-order chi connectivity index (χ0) is 15.8. The van der Waals surface area contributed by atoms with E-state index in [0.717, 1.165) is 0 Å². The molecule has 1 aliphatic heterocycles. The number of hydrogen-bond acceptors (Lipinski definition) is 4. The van der Waals surface area contributed by atoms with Crippen molar-refractivity contribution in [2.24, 2.45) is 0 Å². The average Bonchev–Trinajstić information content (AvgIpc) is 2.59. The Morgan fingerprint density at radius 2 is 1.71 bits per heavy atom. The van der Waals surface area contributed by atoms with Crippen LogP contribution < -0.4 is 10.2 Å². The van der Waals surface area contributed by atoms with Crippen molar-refractivity contribution in [3.05, 3.63) is 22.2 Å². The first-order valence-electron chi connectivity index (χ1n) is 6.76. The van der Waals surface area contributed by atoms with Crippen LogP contribution in [0.4, 0.5) is 0 Å². The van der Waals surface area contributed by atoms with Gasteiger partial charge in [-0.15, -0.1) is 0 Å². The molecule has 116 valence electrons. The summed E-state index contributed by atoms with van der Waals surface area (Å²) in [7, 11) is -0.613. The molecule has 21 heavy (non-hydrogen) atoms. The molecule has 7 heteroatoms. The van der Waals surface area contributed by atoms with Crippen molar-refractivity contribution in [3.63, 3.8) is 0 Å². The molecule has 0 saturated carbocycles. The second-order valence-corrected chi connectivity index (χ2v) is 6.75. The van der Waals surface area contributed by atoms with E-state index in [1.54, 1.807) is 12.1 Å². The molecule has 1 aliphatic rings. The highest BCUT2D eigenvalue weighted by atomic mass is 35.5. The van der Waals surface area contributed by atoms with E-state index in [4.69, 9.17) is 42.4 Å². The van der Waals surface area contributed by atoms with Crippen LogP contribution in [0.15, 0.2) is 12.1 Å². The largest absolute Gasteiger partial charge is 0.496 e. The number of rotatable bonds is 4. The minimum absolute atomic E-state index is 0.0773. The fourth-order valence-corrected chi connectivity index (χ4v) is 2.39. The second-order valence-electron chi connectivity index (χ2n) is 5.97. The molecule has 1 heterocycles. The lowest BCUT2D eigenvalue weighted by Crippen LogP contribution is -2.41. The van der Waals surface area contributed by atoms with Gasteiger partial charge in [-0.2, -0.15) is 0 Å². The van der Waals surface area contributed by atoms with Crippen LogP contribution in [0, 0.1) is 0 Å². The third kappa shape index (κ3) is 3.32. The molecular formula is C14H19BCl2O4. The molecule has 1 aromatic carbocycles. The van der Waals surface area contributed by atoms with Gasteiger partial charge in [0, 0.05) is 11.5 Å². The van der Waals surface area contributed by atoms with Gasteiger partial charge in [-0.25, -0.2) is 0 Å². The summed E-state index contributed by atoms with van der Waals surface area (Å²) in [6.07, 6.45) is 0. The minimum Gasteiger partial charge on any atom is -0.491 e. The van der Waals surface area contributed by atoms with Gasteiger partial charge in [0.1, 0.15) is 12.4 Å². The van der Waals surface area contributed by atoms with Crippen LogP contribution in [-0.4, -0.2) is 36.6 Å². The SMILES string of the molecule is CC1(C)OB(c2cc(OCCO)cc(Cl)c2Cl)OC1(C)C. The minimum atomic E-state index is -0.613.